The van der Waals surface area contributed by atoms with E-state index in [1.54, 1.807) is 20.8 Å². The SMILES string of the molecule is CC(CO)(CO)COS(=O)(=O)CCCS(=O)(=O)O.CC1(CO)COC(C)(C)OC1.CC1(COS(=O)(=O)CCCS(=O)(=O)O)COC(C)(C)OC1.O=S1(=O)CCCS(=O)(=O)O1.[Na+].[Na+]. The largest absolute Gasteiger partial charge is 1.00 e. The van der Waals surface area contributed by atoms with Crippen molar-refractivity contribution in [1.82, 2.24) is 0 Å². The molecule has 62 heavy (non-hydrogen) atoms. The van der Waals surface area contributed by atoms with Gasteiger partial charge in [0.1, 0.15) is 0 Å². The molecule has 3 rings (SSSR count). The molecule has 3 aliphatic heterocycles. The van der Waals surface area contributed by atoms with E-state index < -0.39 is 126 Å². The average Bonchev–Trinajstić information content (AvgIpc) is 3.08. The van der Waals surface area contributed by atoms with E-state index in [2.05, 4.69) is 7.81 Å². The van der Waals surface area contributed by atoms with Crippen molar-refractivity contribution in [3.05, 3.63) is 0 Å². The molecular weight excluding hydrogens is 983 g/mol. The van der Waals surface area contributed by atoms with Crippen LogP contribution in [0.15, 0.2) is 0 Å². The summed E-state index contributed by atoms with van der Waals surface area (Å²) in [6.07, 6.45) is -0.390. The molecule has 3 saturated heterocycles. The number of rotatable bonds is 17. The van der Waals surface area contributed by atoms with Gasteiger partial charge in [0, 0.05) is 16.2 Å². The third kappa shape index (κ3) is 32.8. The van der Waals surface area contributed by atoms with Crippen molar-refractivity contribution in [3.63, 3.8) is 0 Å². The Morgan fingerprint density at radius 1 is 0.581 bits per heavy atom. The van der Waals surface area contributed by atoms with Gasteiger partial charge in [-0.3, -0.25) is 17.5 Å². The molecule has 0 aliphatic carbocycles. The Bertz CT molecular complexity index is 1950. The van der Waals surface area contributed by atoms with Gasteiger partial charge in [-0.25, -0.2) is 0 Å². The molecule has 32 heteroatoms. The van der Waals surface area contributed by atoms with E-state index in [1.165, 1.54) is 6.92 Å². The van der Waals surface area contributed by atoms with Crippen molar-refractivity contribution in [2.45, 2.75) is 79.3 Å². The zero-order valence-electron chi connectivity index (χ0n) is 36.7. The molecule has 0 aromatic heterocycles. The van der Waals surface area contributed by atoms with Crippen LogP contribution >= 0.6 is 0 Å². The Morgan fingerprint density at radius 2 is 0.919 bits per heavy atom. The van der Waals surface area contributed by atoms with Gasteiger partial charge in [0.05, 0.1) is 94.0 Å². The van der Waals surface area contributed by atoms with Crippen molar-refractivity contribution in [1.29, 1.82) is 0 Å². The van der Waals surface area contributed by atoms with E-state index in [0.29, 0.717) is 26.4 Å². The van der Waals surface area contributed by atoms with Gasteiger partial charge in [-0.15, -0.1) is 3.63 Å². The van der Waals surface area contributed by atoms with Crippen LogP contribution in [0.2, 0.25) is 0 Å². The number of hydrogen-bond acceptors (Lipinski definition) is 22. The number of aliphatic hydroxyl groups excluding tert-OH is 3. The molecule has 0 spiro atoms. The van der Waals surface area contributed by atoms with Gasteiger partial charge in [-0.2, -0.15) is 50.5 Å². The van der Waals surface area contributed by atoms with Crippen LogP contribution < -0.4 is 59.1 Å². The summed E-state index contributed by atoms with van der Waals surface area (Å²) in [6, 6.07) is 0. The van der Waals surface area contributed by atoms with Gasteiger partial charge in [-0.05, 0) is 47.0 Å². The Balaban J connectivity index is -0.000000771. The Labute approximate surface area is 411 Å². The van der Waals surface area contributed by atoms with Crippen molar-refractivity contribution >= 4 is 60.7 Å². The zero-order valence-corrected chi connectivity index (χ0v) is 45.6. The molecule has 0 unspecified atom stereocenters. The fraction of sp³-hybridized carbons (Fsp3) is 1.00. The first kappa shape index (κ1) is 67.5. The van der Waals surface area contributed by atoms with Crippen LogP contribution in [-0.4, -0.2) is 180 Å². The molecule has 3 heterocycles. The van der Waals surface area contributed by atoms with Gasteiger partial charge >= 0.3 is 59.1 Å². The van der Waals surface area contributed by atoms with Crippen LogP contribution in [0.25, 0.3) is 0 Å². The molecule has 0 aromatic carbocycles. The quantitative estimate of drug-likeness (QED) is 0.0513. The van der Waals surface area contributed by atoms with Crippen LogP contribution in [0.5, 0.6) is 0 Å². The normalized spacial score (nSPS) is 21.3. The first-order valence-corrected chi connectivity index (χ1v) is 27.5. The molecule has 3 fully saturated rings. The summed E-state index contributed by atoms with van der Waals surface area (Å²) < 4.78 is 182. The summed E-state index contributed by atoms with van der Waals surface area (Å²) in [4.78, 5) is 0. The monoisotopic (exact) mass is 1040 g/mol. The third-order valence-electron chi connectivity index (χ3n) is 7.98. The van der Waals surface area contributed by atoms with Crippen LogP contribution in [0, 0.1) is 16.2 Å². The number of aliphatic hydroxyl groups is 3. The van der Waals surface area contributed by atoms with Gasteiger partial charge in [0.25, 0.3) is 60.7 Å². The summed E-state index contributed by atoms with van der Waals surface area (Å²) in [5.74, 6) is -3.92. The molecule has 0 bridgehead atoms. The fourth-order valence-electron chi connectivity index (χ4n) is 3.93. The number of ether oxygens (including phenoxy) is 4. The number of hydrogen-bond donors (Lipinski definition) is 5. The minimum Gasteiger partial charge on any atom is -0.396 e. The molecule has 3 aliphatic rings. The smallest absolute Gasteiger partial charge is 0.396 e. The molecule has 24 nitrogen and oxygen atoms in total. The van der Waals surface area contributed by atoms with Gasteiger partial charge in [-0.1, -0.05) is 20.8 Å². The van der Waals surface area contributed by atoms with E-state index in [4.69, 9.17) is 47.6 Å². The van der Waals surface area contributed by atoms with Crippen LogP contribution in [0.3, 0.4) is 0 Å². The first-order chi connectivity index (χ1) is 26.8. The van der Waals surface area contributed by atoms with Gasteiger partial charge < -0.3 is 34.3 Å². The first-order valence-electron chi connectivity index (χ1n) is 17.9. The minimum atomic E-state index is -4.20. The van der Waals surface area contributed by atoms with E-state index in [1.807, 2.05) is 20.8 Å². The maximum Gasteiger partial charge on any atom is 1.00 e. The summed E-state index contributed by atoms with van der Waals surface area (Å²) >= 11 is 0. The second kappa shape index (κ2) is 27.4. The van der Waals surface area contributed by atoms with Crippen LogP contribution in [0.1, 0.15) is 67.7 Å². The molecule has 0 saturated carbocycles. The van der Waals surface area contributed by atoms with E-state index in [0.717, 1.165) is 0 Å². The maximum absolute atomic E-state index is 11.6. The molecule has 0 amide bonds. The molecule has 5 N–H and O–H groups in total. The summed E-state index contributed by atoms with van der Waals surface area (Å²) in [5, 5.41) is 26.8. The zero-order chi connectivity index (χ0) is 47.2. The average molecular weight is 1050 g/mol. The predicted molar refractivity (Wildman–Crippen MR) is 212 cm³/mol. The maximum atomic E-state index is 11.6. The molecule has 0 radical (unpaired) electrons. The van der Waals surface area contributed by atoms with E-state index in [9.17, 15) is 50.5 Å². The Kier molecular flexibility index (Phi) is 29.8. The summed E-state index contributed by atoms with van der Waals surface area (Å²) in [5.41, 5.74) is -1.89. The molecule has 362 valence electrons. The standard InChI is InChI=1S/C11H22O8S2.C8H18O8S2.C8H16O3.C3H6O5S2.2Na/c1-10(2)17-7-11(3,8-18-10)9-19-21(15,16)6-4-5-20(12,13)14;1-8(5-9,6-10)7-16-18(14,15)4-2-3-17(11,12)13;1-7(2)10-5-8(3,4-9)6-11-7;4-9(5)2-1-3-10(6,7)8-9;;/h4-9H2,1-3H3,(H,12,13,14);9-10H,2-7H2,1H3,(H,11,12,13);9H,4-6H2,1-3H3;1-3H2;;/q;;;;2*+1. The van der Waals surface area contributed by atoms with Crippen molar-refractivity contribution in [2.24, 2.45) is 16.2 Å². The third-order valence-corrected chi connectivity index (χ3v) is 15.4. The van der Waals surface area contributed by atoms with Crippen molar-refractivity contribution in [3.8, 4) is 0 Å². The minimum absolute atomic E-state index is 0. The van der Waals surface area contributed by atoms with Gasteiger partial charge in [0.2, 0.25) is 0 Å². The Morgan fingerprint density at radius 3 is 1.21 bits per heavy atom. The fourth-order valence-corrected chi connectivity index (χ4v) is 10.5. The molecular formula is C30H62Na2O24S6+2. The van der Waals surface area contributed by atoms with E-state index >= 15 is 0 Å². The summed E-state index contributed by atoms with van der Waals surface area (Å²) in [7, 11) is -23.7. The second-order valence-electron chi connectivity index (χ2n) is 16.1. The van der Waals surface area contributed by atoms with Crippen molar-refractivity contribution < 1.29 is 165 Å². The van der Waals surface area contributed by atoms with E-state index in [-0.39, 0.29) is 109 Å². The topological polar surface area (TPSA) is 371 Å². The Hall–Kier alpha value is 1.22. The molecule has 0 atom stereocenters. The molecule has 0 aromatic rings. The van der Waals surface area contributed by atoms with Gasteiger partial charge in [0.15, 0.2) is 11.6 Å². The van der Waals surface area contributed by atoms with Crippen LogP contribution in [-0.2, 0) is 91.7 Å². The van der Waals surface area contributed by atoms with Crippen molar-refractivity contribution in [2.75, 3.05) is 94.0 Å². The van der Waals surface area contributed by atoms with Crippen LogP contribution in [0.4, 0.5) is 0 Å². The predicted octanol–water partition coefficient (Wildman–Crippen LogP) is -7.16. The summed E-state index contributed by atoms with van der Waals surface area (Å²) in [6.45, 7) is 12.8. The second-order valence-corrected chi connectivity index (χ2v) is 26.4.